The molecular weight excluding hydrogens is 343 g/mol. The van der Waals surface area contributed by atoms with Crippen molar-refractivity contribution in [3.05, 3.63) is 56.3 Å². The number of nitrogens with one attached hydrogen (secondary N) is 1. The van der Waals surface area contributed by atoms with Gasteiger partial charge in [0.15, 0.2) is 4.77 Å². The second-order valence-electron chi connectivity index (χ2n) is 5.97. The van der Waals surface area contributed by atoms with Gasteiger partial charge in [-0.05, 0) is 49.2 Å². The van der Waals surface area contributed by atoms with Crippen LogP contribution in [-0.4, -0.2) is 39.0 Å². The maximum atomic E-state index is 13.0. The first-order valence-corrected chi connectivity index (χ1v) is 8.55. The molecule has 0 atom stereocenters. The summed E-state index contributed by atoms with van der Waals surface area (Å²) in [5.74, 6) is -0.591. The number of piperidine rings is 1. The molecule has 0 saturated carbocycles. The van der Waals surface area contributed by atoms with Gasteiger partial charge in [-0.3, -0.25) is 19.4 Å². The van der Waals surface area contributed by atoms with Crippen molar-refractivity contribution in [3.63, 3.8) is 0 Å². The van der Waals surface area contributed by atoms with E-state index in [4.69, 9.17) is 12.2 Å². The molecule has 6 nitrogen and oxygen atoms in total. The van der Waals surface area contributed by atoms with Gasteiger partial charge in [0.2, 0.25) is 5.88 Å². The maximum Gasteiger partial charge on any atom is 0.264 e. The predicted octanol–water partition coefficient (Wildman–Crippen LogP) is 2.62. The van der Waals surface area contributed by atoms with Crippen molar-refractivity contribution in [1.82, 2.24) is 14.6 Å². The monoisotopic (exact) mass is 362 g/mol. The molecule has 0 radical (unpaired) electrons. The summed E-state index contributed by atoms with van der Waals surface area (Å²) in [7, 11) is 0. The van der Waals surface area contributed by atoms with E-state index in [-0.39, 0.29) is 28.6 Å². The maximum absolute atomic E-state index is 13.0. The second kappa shape index (κ2) is 7.60. The number of hydrogen-bond donors (Lipinski definition) is 2. The summed E-state index contributed by atoms with van der Waals surface area (Å²) in [6.07, 6.45) is 4.68. The first kappa shape index (κ1) is 17.3. The largest absolute Gasteiger partial charge is 0.494 e. The highest BCUT2D eigenvalue weighted by atomic mass is 32.1. The fourth-order valence-electron chi connectivity index (χ4n) is 2.74. The molecule has 1 aliphatic rings. The molecule has 2 heterocycles. The van der Waals surface area contributed by atoms with Crippen molar-refractivity contribution in [3.8, 4) is 5.88 Å². The predicted molar refractivity (Wildman–Crippen MR) is 96.1 cm³/mol. The van der Waals surface area contributed by atoms with Crippen LogP contribution in [0.4, 0.5) is 4.39 Å². The highest BCUT2D eigenvalue weighted by Gasteiger charge is 2.13. The third kappa shape index (κ3) is 4.14. The molecule has 25 heavy (non-hydrogen) atoms. The zero-order valence-corrected chi connectivity index (χ0v) is 14.4. The molecule has 2 N–H and O–H groups in total. The molecule has 3 rings (SSSR count). The molecule has 8 heteroatoms. The summed E-state index contributed by atoms with van der Waals surface area (Å²) in [4.78, 5) is 14.7. The third-order valence-electron chi connectivity index (χ3n) is 4.14. The number of aromatic nitrogens is 2. The van der Waals surface area contributed by atoms with E-state index < -0.39 is 5.56 Å². The summed E-state index contributed by atoms with van der Waals surface area (Å²) in [6, 6.07) is 5.87. The van der Waals surface area contributed by atoms with Crippen LogP contribution in [0.3, 0.4) is 0 Å². The number of hydrazone groups is 1. The number of aromatic hydroxyl groups is 1. The summed E-state index contributed by atoms with van der Waals surface area (Å²) >= 11 is 5.14. The molecule has 2 aromatic rings. The smallest absolute Gasteiger partial charge is 0.264 e. The Morgan fingerprint density at radius 2 is 1.92 bits per heavy atom. The van der Waals surface area contributed by atoms with Crippen LogP contribution in [-0.2, 0) is 6.54 Å². The molecule has 0 amide bonds. The highest BCUT2D eigenvalue weighted by molar-refractivity contribution is 7.71. The summed E-state index contributed by atoms with van der Waals surface area (Å²) < 4.78 is 14.5. The van der Waals surface area contributed by atoms with Crippen LogP contribution in [0.5, 0.6) is 5.88 Å². The SMILES string of the molecule is O=c1[nH]c(=S)n(Cc2ccc(F)cc2)c(O)c1/C=N/N1CCCCC1. The van der Waals surface area contributed by atoms with Crippen LogP contribution in [0.1, 0.15) is 30.4 Å². The topological polar surface area (TPSA) is 73.6 Å². The van der Waals surface area contributed by atoms with Crippen molar-refractivity contribution >= 4 is 18.4 Å². The lowest BCUT2D eigenvalue weighted by Crippen LogP contribution is -2.25. The van der Waals surface area contributed by atoms with Gasteiger partial charge in [0, 0.05) is 13.1 Å². The van der Waals surface area contributed by atoms with Gasteiger partial charge in [-0.15, -0.1) is 0 Å². The van der Waals surface area contributed by atoms with Crippen LogP contribution in [0.25, 0.3) is 0 Å². The van der Waals surface area contributed by atoms with Crippen LogP contribution >= 0.6 is 12.2 Å². The Morgan fingerprint density at radius 1 is 1.24 bits per heavy atom. The normalized spacial score (nSPS) is 15.0. The lowest BCUT2D eigenvalue weighted by atomic mass is 10.2. The third-order valence-corrected chi connectivity index (χ3v) is 4.47. The first-order chi connectivity index (χ1) is 12.0. The van der Waals surface area contributed by atoms with Crippen LogP contribution in [0.15, 0.2) is 34.2 Å². The molecule has 1 aliphatic heterocycles. The average molecular weight is 362 g/mol. The lowest BCUT2D eigenvalue weighted by molar-refractivity contribution is 0.240. The fraction of sp³-hybridized carbons (Fsp3) is 0.353. The highest BCUT2D eigenvalue weighted by Crippen LogP contribution is 2.15. The summed E-state index contributed by atoms with van der Waals surface area (Å²) in [6.45, 7) is 1.89. The summed E-state index contributed by atoms with van der Waals surface area (Å²) in [5, 5.41) is 16.7. The van der Waals surface area contributed by atoms with E-state index in [1.54, 1.807) is 12.1 Å². The number of nitrogens with zero attached hydrogens (tertiary/aromatic N) is 3. The standard InChI is InChI=1S/C17H19FN4O2S/c18-13-6-4-12(5-7-13)11-22-16(24)14(15(23)20-17(22)25)10-19-21-8-2-1-3-9-21/h4-7,10,24H,1-3,8-9,11H2,(H,20,23,25)/b19-10+. The van der Waals surface area contributed by atoms with Crippen LogP contribution in [0, 0.1) is 10.6 Å². The number of hydrogen-bond acceptors (Lipinski definition) is 5. The molecule has 1 aromatic carbocycles. The summed E-state index contributed by atoms with van der Waals surface area (Å²) in [5.41, 5.74) is 0.318. The van der Waals surface area contributed by atoms with E-state index in [0.717, 1.165) is 31.5 Å². The molecule has 0 spiro atoms. The molecule has 0 bridgehead atoms. The Balaban J connectivity index is 1.91. The number of H-pyrrole nitrogens is 1. The minimum Gasteiger partial charge on any atom is -0.494 e. The molecule has 1 aromatic heterocycles. The lowest BCUT2D eigenvalue weighted by Gasteiger charge is -2.23. The van der Waals surface area contributed by atoms with Gasteiger partial charge in [-0.25, -0.2) is 4.39 Å². The van der Waals surface area contributed by atoms with Crippen molar-refractivity contribution in [1.29, 1.82) is 0 Å². The van der Waals surface area contributed by atoms with E-state index in [2.05, 4.69) is 10.1 Å². The van der Waals surface area contributed by atoms with E-state index >= 15 is 0 Å². The number of aromatic amines is 1. The molecule has 1 fully saturated rings. The van der Waals surface area contributed by atoms with Crippen LogP contribution < -0.4 is 5.56 Å². The van der Waals surface area contributed by atoms with E-state index in [0.29, 0.717) is 0 Å². The number of halogens is 1. The molecule has 1 saturated heterocycles. The van der Waals surface area contributed by atoms with Gasteiger partial charge in [0.1, 0.15) is 11.4 Å². The van der Waals surface area contributed by atoms with Gasteiger partial charge in [-0.1, -0.05) is 12.1 Å². The quantitative estimate of drug-likeness (QED) is 0.648. The second-order valence-corrected chi connectivity index (χ2v) is 6.35. The molecule has 0 unspecified atom stereocenters. The molecule has 132 valence electrons. The zero-order valence-electron chi connectivity index (χ0n) is 13.6. The Hall–Kier alpha value is -2.48. The Kier molecular flexibility index (Phi) is 5.28. The zero-order chi connectivity index (χ0) is 17.8. The van der Waals surface area contributed by atoms with Crippen molar-refractivity contribution in [2.24, 2.45) is 5.10 Å². The van der Waals surface area contributed by atoms with E-state index in [1.165, 1.54) is 29.3 Å². The Morgan fingerprint density at radius 3 is 2.60 bits per heavy atom. The minimum absolute atomic E-state index is 0.0567. The van der Waals surface area contributed by atoms with E-state index in [9.17, 15) is 14.3 Å². The van der Waals surface area contributed by atoms with Gasteiger partial charge < -0.3 is 5.11 Å². The minimum atomic E-state index is -0.487. The van der Waals surface area contributed by atoms with Crippen molar-refractivity contribution in [2.45, 2.75) is 25.8 Å². The molecule has 0 aliphatic carbocycles. The average Bonchev–Trinajstić information content (AvgIpc) is 2.61. The van der Waals surface area contributed by atoms with Gasteiger partial charge in [-0.2, -0.15) is 5.10 Å². The first-order valence-electron chi connectivity index (χ1n) is 8.14. The van der Waals surface area contributed by atoms with Crippen molar-refractivity contribution in [2.75, 3.05) is 13.1 Å². The molecular formula is C17H19FN4O2S. The Labute approximate surface area is 149 Å². The van der Waals surface area contributed by atoms with Gasteiger partial charge in [0.05, 0.1) is 12.8 Å². The van der Waals surface area contributed by atoms with Crippen molar-refractivity contribution < 1.29 is 9.50 Å². The van der Waals surface area contributed by atoms with Crippen LogP contribution in [0.2, 0.25) is 0 Å². The Bertz CT molecular complexity index is 883. The number of rotatable bonds is 4. The fourth-order valence-corrected chi connectivity index (χ4v) is 2.99. The van der Waals surface area contributed by atoms with Gasteiger partial charge in [0.25, 0.3) is 5.56 Å². The van der Waals surface area contributed by atoms with E-state index in [1.807, 2.05) is 5.01 Å². The number of benzene rings is 1. The van der Waals surface area contributed by atoms with Gasteiger partial charge >= 0.3 is 0 Å².